The van der Waals surface area contributed by atoms with Crippen molar-refractivity contribution in [2.24, 2.45) is 5.41 Å². The first-order valence-electron chi connectivity index (χ1n) is 7.68. The zero-order valence-corrected chi connectivity index (χ0v) is 12.6. The Morgan fingerprint density at radius 2 is 1.70 bits per heavy atom. The van der Waals surface area contributed by atoms with E-state index in [2.05, 4.69) is 0 Å². The molecule has 0 amide bonds. The van der Waals surface area contributed by atoms with E-state index in [0.717, 1.165) is 50.5 Å². The van der Waals surface area contributed by atoms with Crippen LogP contribution in [0.1, 0.15) is 71.6 Å². The Balaban J connectivity index is 3.30. The molecule has 1 aliphatic carbocycles. The van der Waals surface area contributed by atoms with E-state index in [9.17, 15) is 19.8 Å². The molecule has 1 fully saturated rings. The van der Waals surface area contributed by atoms with Crippen molar-refractivity contribution in [3.05, 3.63) is 11.1 Å². The van der Waals surface area contributed by atoms with Crippen LogP contribution in [-0.2, 0) is 9.59 Å². The average molecular weight is 282 g/mol. The van der Waals surface area contributed by atoms with E-state index in [-0.39, 0.29) is 5.57 Å². The van der Waals surface area contributed by atoms with Crippen molar-refractivity contribution >= 4 is 11.9 Å². The van der Waals surface area contributed by atoms with Gasteiger partial charge in [0.05, 0.1) is 11.0 Å². The Hall–Kier alpha value is -1.32. The molecule has 0 saturated heterocycles. The topological polar surface area (TPSA) is 74.6 Å². The first-order valence-corrected chi connectivity index (χ1v) is 7.68. The molecule has 0 heterocycles. The van der Waals surface area contributed by atoms with Gasteiger partial charge < -0.3 is 10.2 Å². The van der Waals surface area contributed by atoms with Crippen LogP contribution in [-0.4, -0.2) is 22.2 Å². The number of carboxylic acids is 2. The molecule has 0 bridgehead atoms. The van der Waals surface area contributed by atoms with Gasteiger partial charge in [-0.15, -0.1) is 0 Å². The van der Waals surface area contributed by atoms with E-state index < -0.39 is 17.4 Å². The van der Waals surface area contributed by atoms with E-state index >= 15 is 0 Å². The van der Waals surface area contributed by atoms with Crippen LogP contribution in [0.4, 0.5) is 0 Å². The van der Waals surface area contributed by atoms with Crippen LogP contribution in [0.5, 0.6) is 0 Å². The first-order chi connectivity index (χ1) is 9.49. The quantitative estimate of drug-likeness (QED) is 0.692. The summed E-state index contributed by atoms with van der Waals surface area (Å²) >= 11 is 0. The summed E-state index contributed by atoms with van der Waals surface area (Å²) in [6.45, 7) is 3.78. The fourth-order valence-corrected chi connectivity index (χ4v) is 3.25. The molecule has 0 aliphatic heterocycles. The summed E-state index contributed by atoms with van der Waals surface area (Å²) in [7, 11) is 0. The number of aliphatic carboxylic acids is 2. The minimum absolute atomic E-state index is 0.181. The van der Waals surface area contributed by atoms with Gasteiger partial charge in [-0.1, -0.05) is 38.7 Å². The molecule has 0 radical (unpaired) electrons. The number of unbranched alkanes of at least 4 members (excludes halogenated alkanes) is 1. The Morgan fingerprint density at radius 3 is 2.10 bits per heavy atom. The normalized spacial score (nSPS) is 18.4. The van der Waals surface area contributed by atoms with Crippen LogP contribution in [0.25, 0.3) is 0 Å². The van der Waals surface area contributed by atoms with E-state index in [1.807, 2.05) is 6.92 Å². The van der Waals surface area contributed by atoms with Gasteiger partial charge in [0.25, 0.3) is 0 Å². The van der Waals surface area contributed by atoms with Gasteiger partial charge in [-0.25, -0.2) is 4.79 Å². The molecule has 1 rings (SSSR count). The van der Waals surface area contributed by atoms with Crippen molar-refractivity contribution in [1.29, 1.82) is 0 Å². The highest BCUT2D eigenvalue weighted by atomic mass is 16.4. The fraction of sp³-hybridized carbons (Fsp3) is 0.750. The zero-order chi connectivity index (χ0) is 15.2. The van der Waals surface area contributed by atoms with Gasteiger partial charge >= 0.3 is 11.9 Å². The van der Waals surface area contributed by atoms with E-state index in [1.54, 1.807) is 6.92 Å². The highest BCUT2D eigenvalue weighted by Gasteiger charge is 2.44. The molecule has 0 spiro atoms. The summed E-state index contributed by atoms with van der Waals surface area (Å²) in [6, 6.07) is 0. The molecule has 114 valence electrons. The van der Waals surface area contributed by atoms with Crippen LogP contribution in [0.2, 0.25) is 0 Å². The maximum atomic E-state index is 11.8. The number of carboxylic acid groups (broad SMARTS) is 2. The molecule has 1 aliphatic rings. The summed E-state index contributed by atoms with van der Waals surface area (Å²) < 4.78 is 0. The van der Waals surface area contributed by atoms with Crippen molar-refractivity contribution in [2.45, 2.75) is 71.6 Å². The summed E-state index contributed by atoms with van der Waals surface area (Å²) in [5, 5.41) is 19.3. The third-order valence-electron chi connectivity index (χ3n) is 4.47. The fourth-order valence-electron chi connectivity index (χ4n) is 3.25. The monoisotopic (exact) mass is 282 g/mol. The summed E-state index contributed by atoms with van der Waals surface area (Å²) in [5.41, 5.74) is -0.168. The maximum Gasteiger partial charge on any atom is 0.332 e. The Kier molecular flexibility index (Phi) is 6.24. The predicted octanol–water partition coefficient (Wildman–Crippen LogP) is 4.00. The number of hydrogen-bond acceptors (Lipinski definition) is 2. The molecule has 4 nitrogen and oxygen atoms in total. The SMILES string of the molecule is CCCCC(CC)(C(=O)O)C(C(=O)O)=C1CCCCC1. The minimum atomic E-state index is -1.21. The third kappa shape index (κ3) is 3.41. The van der Waals surface area contributed by atoms with Crippen molar-refractivity contribution in [2.75, 3.05) is 0 Å². The summed E-state index contributed by atoms with van der Waals surface area (Å²) in [4.78, 5) is 23.6. The summed E-state index contributed by atoms with van der Waals surface area (Å²) in [5.74, 6) is -2.02. The predicted molar refractivity (Wildman–Crippen MR) is 77.6 cm³/mol. The van der Waals surface area contributed by atoms with E-state index in [1.165, 1.54) is 0 Å². The largest absolute Gasteiger partial charge is 0.481 e. The number of rotatable bonds is 7. The van der Waals surface area contributed by atoms with Crippen molar-refractivity contribution < 1.29 is 19.8 Å². The lowest BCUT2D eigenvalue weighted by Crippen LogP contribution is -2.37. The molecule has 1 saturated carbocycles. The van der Waals surface area contributed by atoms with E-state index in [0.29, 0.717) is 12.8 Å². The van der Waals surface area contributed by atoms with Gasteiger partial charge in [0.2, 0.25) is 0 Å². The van der Waals surface area contributed by atoms with Crippen molar-refractivity contribution in [1.82, 2.24) is 0 Å². The molecule has 1 atom stereocenters. The second-order valence-electron chi connectivity index (χ2n) is 5.69. The van der Waals surface area contributed by atoms with Crippen LogP contribution in [0.15, 0.2) is 11.1 Å². The standard InChI is InChI=1S/C16H26O4/c1-3-5-11-16(4-2,15(19)20)13(14(17)18)12-9-7-6-8-10-12/h3-11H2,1-2H3,(H,17,18)(H,19,20). The average Bonchev–Trinajstić information content (AvgIpc) is 2.43. The number of hydrogen-bond donors (Lipinski definition) is 2. The van der Waals surface area contributed by atoms with Gasteiger partial charge in [-0.05, 0) is 38.5 Å². The lowest BCUT2D eigenvalue weighted by atomic mass is 9.70. The molecular formula is C16H26O4. The Morgan fingerprint density at radius 1 is 1.10 bits per heavy atom. The molecule has 1 unspecified atom stereocenters. The summed E-state index contributed by atoms with van der Waals surface area (Å²) in [6.07, 6.45) is 6.90. The third-order valence-corrected chi connectivity index (χ3v) is 4.47. The van der Waals surface area contributed by atoms with Crippen molar-refractivity contribution in [3.63, 3.8) is 0 Å². The molecular weight excluding hydrogens is 256 g/mol. The first kappa shape index (κ1) is 16.7. The number of carbonyl (C=O) groups is 2. The van der Waals surface area contributed by atoms with Gasteiger partial charge in [0.15, 0.2) is 0 Å². The molecule has 20 heavy (non-hydrogen) atoms. The Labute approximate surface area is 120 Å². The molecule has 0 aromatic carbocycles. The molecule has 0 aromatic heterocycles. The van der Waals surface area contributed by atoms with Gasteiger partial charge in [0, 0.05) is 0 Å². The second kappa shape index (κ2) is 7.46. The van der Waals surface area contributed by atoms with Gasteiger partial charge in [-0.3, -0.25) is 4.79 Å². The van der Waals surface area contributed by atoms with Crippen molar-refractivity contribution in [3.8, 4) is 0 Å². The van der Waals surface area contributed by atoms with Gasteiger partial charge in [0.1, 0.15) is 0 Å². The van der Waals surface area contributed by atoms with Crippen LogP contribution >= 0.6 is 0 Å². The lowest BCUT2D eigenvalue weighted by Gasteiger charge is -2.32. The Bertz CT molecular complexity index is 389. The smallest absolute Gasteiger partial charge is 0.332 e. The highest BCUT2D eigenvalue weighted by Crippen LogP contribution is 2.42. The zero-order valence-electron chi connectivity index (χ0n) is 12.6. The molecule has 0 aromatic rings. The molecule has 2 N–H and O–H groups in total. The van der Waals surface area contributed by atoms with Crippen LogP contribution < -0.4 is 0 Å². The highest BCUT2D eigenvalue weighted by molar-refractivity contribution is 5.97. The number of allylic oxidation sites excluding steroid dienone is 1. The maximum absolute atomic E-state index is 11.8. The van der Waals surface area contributed by atoms with E-state index in [4.69, 9.17) is 0 Å². The van der Waals surface area contributed by atoms with Crippen LogP contribution in [0, 0.1) is 5.41 Å². The second-order valence-corrected chi connectivity index (χ2v) is 5.69. The van der Waals surface area contributed by atoms with Gasteiger partial charge in [-0.2, -0.15) is 0 Å². The molecule has 4 heteroatoms. The minimum Gasteiger partial charge on any atom is -0.481 e. The lowest BCUT2D eigenvalue weighted by molar-refractivity contribution is -0.151. The van der Waals surface area contributed by atoms with Crippen LogP contribution in [0.3, 0.4) is 0 Å².